The Morgan fingerprint density at radius 3 is 1.73 bits per heavy atom. The summed E-state index contributed by atoms with van der Waals surface area (Å²) in [6.07, 6.45) is 4.76. The molecule has 0 fully saturated rings. The van der Waals surface area contributed by atoms with Gasteiger partial charge >= 0.3 is 6.85 Å². The van der Waals surface area contributed by atoms with Crippen molar-refractivity contribution in [2.45, 2.75) is 148 Å². The van der Waals surface area contributed by atoms with Crippen LogP contribution in [0.5, 0.6) is 0 Å². The summed E-state index contributed by atoms with van der Waals surface area (Å²) in [5.74, 6) is 0. The van der Waals surface area contributed by atoms with E-state index in [0.717, 1.165) is 0 Å². The fourth-order valence-electron chi connectivity index (χ4n) is 13.2. The van der Waals surface area contributed by atoms with Crippen molar-refractivity contribution in [3.63, 3.8) is 0 Å². The highest BCUT2D eigenvalue weighted by Gasteiger charge is 2.49. The number of nitrogens with zero attached hydrogens (tertiary/aromatic N) is 2. The summed E-state index contributed by atoms with van der Waals surface area (Å²) in [6, 6.07) is 39.6. The van der Waals surface area contributed by atoms with Gasteiger partial charge in [-0.25, -0.2) is 0 Å². The van der Waals surface area contributed by atoms with E-state index in [2.05, 4.69) is 196 Å². The monoisotopic (exact) mass is 811 g/mol. The van der Waals surface area contributed by atoms with Crippen molar-refractivity contribution in [1.82, 2.24) is 4.57 Å². The van der Waals surface area contributed by atoms with Crippen molar-refractivity contribution in [3.8, 4) is 27.9 Å². The molecule has 3 heterocycles. The molecule has 3 aliphatic carbocycles. The van der Waals surface area contributed by atoms with E-state index in [-0.39, 0.29) is 39.3 Å². The Balaban J connectivity index is 1.28. The quantitative estimate of drug-likeness (QED) is 0.150. The Hall–Kier alpha value is -5.02. The molecule has 2 aliphatic heterocycles. The van der Waals surface area contributed by atoms with Gasteiger partial charge in [0.1, 0.15) is 0 Å². The molecule has 5 aliphatic rings. The Kier molecular flexibility index (Phi) is 7.33. The number of benzene rings is 6. The molecule has 2 nitrogen and oxygen atoms in total. The van der Waals surface area contributed by atoms with Crippen LogP contribution in [0, 0.1) is 0 Å². The lowest BCUT2D eigenvalue weighted by Crippen LogP contribution is -2.61. The van der Waals surface area contributed by atoms with E-state index < -0.39 is 0 Å². The molecule has 3 heteroatoms. The van der Waals surface area contributed by atoms with Gasteiger partial charge in [-0.15, -0.1) is 0 Å². The van der Waals surface area contributed by atoms with Crippen molar-refractivity contribution in [1.29, 1.82) is 0 Å². The summed E-state index contributed by atoms with van der Waals surface area (Å²) in [5.41, 5.74) is 25.8. The molecule has 1 aromatic heterocycles. The smallest absolute Gasteiger partial charge is 0.333 e. The van der Waals surface area contributed by atoms with Crippen LogP contribution in [0.2, 0.25) is 0 Å². The van der Waals surface area contributed by atoms with Gasteiger partial charge in [-0.05, 0) is 156 Å². The minimum absolute atomic E-state index is 0.00539. The molecule has 7 aromatic rings. The predicted molar refractivity (Wildman–Crippen MR) is 267 cm³/mol. The maximum Gasteiger partial charge on any atom is 0.333 e. The van der Waals surface area contributed by atoms with Gasteiger partial charge in [0.15, 0.2) is 0 Å². The summed E-state index contributed by atoms with van der Waals surface area (Å²) < 4.78 is 2.73. The van der Waals surface area contributed by atoms with E-state index in [1.165, 1.54) is 137 Å². The molecule has 312 valence electrons. The fourth-order valence-corrected chi connectivity index (χ4v) is 13.2. The lowest BCUT2D eigenvalue weighted by molar-refractivity contribution is 0.332. The van der Waals surface area contributed by atoms with Crippen LogP contribution in [0.25, 0.3) is 49.7 Å². The Bertz CT molecular complexity index is 3140. The maximum absolute atomic E-state index is 2.79. The first-order valence-corrected chi connectivity index (χ1v) is 23.6. The zero-order valence-electron chi connectivity index (χ0n) is 39.5. The van der Waals surface area contributed by atoms with E-state index in [1.807, 2.05) is 0 Å². The van der Waals surface area contributed by atoms with Crippen molar-refractivity contribution in [2.24, 2.45) is 0 Å². The van der Waals surface area contributed by atoms with Crippen molar-refractivity contribution >= 4 is 51.0 Å². The Morgan fingerprint density at radius 1 is 0.516 bits per heavy atom. The Labute approximate surface area is 370 Å². The molecule has 0 bridgehead atoms. The summed E-state index contributed by atoms with van der Waals surface area (Å²) >= 11 is 0. The van der Waals surface area contributed by atoms with Crippen LogP contribution in [0.3, 0.4) is 0 Å². The first-order valence-electron chi connectivity index (χ1n) is 23.6. The zero-order chi connectivity index (χ0) is 43.4. The third-order valence-electron chi connectivity index (χ3n) is 17.3. The second-order valence-electron chi connectivity index (χ2n) is 24.3. The predicted octanol–water partition coefficient (Wildman–Crippen LogP) is 14.3. The van der Waals surface area contributed by atoms with Crippen LogP contribution in [0.1, 0.15) is 155 Å². The SMILES string of the molecule is CC(C)(C)c1ccc(N2B3c4cc5c(cc4-n4c6ccc7c(c6c6ccc(c3c64)-c3cc4c(cc32)C(C)(C)CCC4(C)C)-c2ccccc2C7(C)C)C(C)(C)CCC5(C)C)cc1. The molecular weight excluding hydrogens is 747 g/mol. The number of rotatable bonds is 1. The summed E-state index contributed by atoms with van der Waals surface area (Å²) in [4.78, 5) is 2.79. The van der Waals surface area contributed by atoms with Gasteiger partial charge in [0.2, 0.25) is 0 Å². The molecule has 0 N–H and O–H groups in total. The zero-order valence-corrected chi connectivity index (χ0v) is 39.5. The third-order valence-corrected chi connectivity index (χ3v) is 17.3. The molecule has 6 aromatic carbocycles. The molecule has 0 saturated carbocycles. The summed E-state index contributed by atoms with van der Waals surface area (Å²) in [6.45, 7) is 31.7. The highest BCUT2D eigenvalue weighted by Crippen LogP contribution is 2.57. The van der Waals surface area contributed by atoms with Gasteiger partial charge in [0.05, 0.1) is 11.0 Å². The highest BCUT2D eigenvalue weighted by molar-refractivity contribution is 6.93. The summed E-state index contributed by atoms with van der Waals surface area (Å²) in [5, 5.41) is 2.78. The molecule has 0 saturated heterocycles. The van der Waals surface area contributed by atoms with Crippen molar-refractivity contribution in [2.75, 3.05) is 4.81 Å². The standard InChI is InChI=1S/C59H63BN2/c1-54(2,3)34-18-20-35(21-19-34)62-48-32-44-42(55(4,5)26-28-57(44,8)9)30-39(48)36-22-23-38-51-47(25-24-41-50(51)37-16-14-15-17-40(37)59(41,12)13)61-49-33-45-43(56(6,7)27-29-58(45,10)11)31-46(49)60(62)52(36)53(38)61/h14-25,30-33H,26-29H2,1-13H3. The van der Waals surface area contributed by atoms with Crippen LogP contribution in [0.15, 0.2) is 97.1 Å². The van der Waals surface area contributed by atoms with E-state index >= 15 is 0 Å². The first kappa shape index (κ1) is 38.6. The van der Waals surface area contributed by atoms with Crippen LogP contribution in [-0.2, 0) is 32.5 Å². The van der Waals surface area contributed by atoms with E-state index in [4.69, 9.17) is 0 Å². The molecule has 0 unspecified atom stereocenters. The average molecular weight is 811 g/mol. The number of fused-ring (bicyclic) bond motifs is 14. The maximum atomic E-state index is 2.79. The number of hydrogen-bond acceptors (Lipinski definition) is 1. The van der Waals surface area contributed by atoms with E-state index in [9.17, 15) is 0 Å². The normalized spacial score (nSPS) is 20.0. The molecule has 12 rings (SSSR count). The first-order chi connectivity index (χ1) is 29.1. The van der Waals surface area contributed by atoms with Gasteiger partial charge in [-0.1, -0.05) is 151 Å². The molecular formula is C59H63BN2. The number of hydrogen-bond donors (Lipinski definition) is 0. The number of aromatic nitrogens is 1. The van der Waals surface area contributed by atoms with Gasteiger partial charge in [-0.3, -0.25) is 0 Å². The molecule has 0 spiro atoms. The number of anilines is 2. The largest absolute Gasteiger partial charge is 0.376 e. The van der Waals surface area contributed by atoms with Gasteiger partial charge in [0.25, 0.3) is 0 Å². The molecule has 0 atom stereocenters. The fraction of sp³-hybridized carbons (Fsp3) is 0.390. The molecule has 62 heavy (non-hydrogen) atoms. The van der Waals surface area contributed by atoms with Crippen molar-refractivity contribution < 1.29 is 0 Å². The minimum atomic E-state index is -0.0767. The molecule has 0 amide bonds. The van der Waals surface area contributed by atoms with Gasteiger partial charge in [0, 0.05) is 38.8 Å². The third kappa shape index (κ3) is 4.84. The topological polar surface area (TPSA) is 8.17 Å². The lowest BCUT2D eigenvalue weighted by Gasteiger charge is -2.47. The van der Waals surface area contributed by atoms with Gasteiger partial charge in [-0.2, -0.15) is 0 Å². The van der Waals surface area contributed by atoms with E-state index in [0.29, 0.717) is 0 Å². The average Bonchev–Trinajstić information content (AvgIpc) is 3.68. The van der Waals surface area contributed by atoms with Gasteiger partial charge < -0.3 is 9.38 Å². The second kappa shape index (κ2) is 11.8. The van der Waals surface area contributed by atoms with Crippen LogP contribution in [-0.4, -0.2) is 11.4 Å². The van der Waals surface area contributed by atoms with Crippen LogP contribution >= 0.6 is 0 Å². The Morgan fingerprint density at radius 2 is 1.10 bits per heavy atom. The van der Waals surface area contributed by atoms with Crippen LogP contribution < -0.4 is 15.7 Å². The van der Waals surface area contributed by atoms with Crippen LogP contribution in [0.4, 0.5) is 11.4 Å². The minimum Gasteiger partial charge on any atom is -0.376 e. The van der Waals surface area contributed by atoms with Crippen molar-refractivity contribution in [3.05, 3.63) is 136 Å². The highest BCUT2D eigenvalue weighted by atomic mass is 15.1. The molecule has 0 radical (unpaired) electrons. The second-order valence-corrected chi connectivity index (χ2v) is 24.3. The summed E-state index contributed by atoms with van der Waals surface area (Å²) in [7, 11) is 0. The van der Waals surface area contributed by atoms with E-state index in [1.54, 1.807) is 0 Å². The lowest BCUT2D eigenvalue weighted by atomic mass is 9.43.